The number of carbonyl (C=O) groups excluding carboxylic acids is 1. The number of aliphatic hydroxyl groups is 1. The molecule has 0 unspecified atom stereocenters. The van der Waals surface area contributed by atoms with Crippen LogP contribution in [0.3, 0.4) is 0 Å². The van der Waals surface area contributed by atoms with Crippen LogP contribution in [0.2, 0.25) is 0 Å². The molecule has 2 amide bonds. The van der Waals surface area contributed by atoms with Crippen LogP contribution in [0.4, 0.5) is 4.79 Å². The zero-order valence-electron chi connectivity index (χ0n) is 14.1. The molecular formula is C17H23N3O3S. The molecule has 0 saturated heterocycles. The number of aromatic nitrogens is 1. The van der Waals surface area contributed by atoms with Crippen LogP contribution in [0.5, 0.6) is 0 Å². The average molecular weight is 349 g/mol. The van der Waals surface area contributed by atoms with Gasteiger partial charge >= 0.3 is 6.03 Å². The standard InChI is InChI=1S/C17H23N3O3S/c1-10-4-7-14(23-10)17(3,22)9-18-16(21)19-11(2)13-8-24-15(20-13)12-5-6-12/h4,7-8,11-12,22H,5-6,9H2,1-3H3,(H2,18,19,21)/t11-,17+/m0/s1. The van der Waals surface area contributed by atoms with Crippen LogP contribution in [-0.2, 0) is 5.60 Å². The highest BCUT2D eigenvalue weighted by atomic mass is 32.1. The third-order valence-corrected chi connectivity index (χ3v) is 5.15. The molecule has 0 radical (unpaired) electrons. The summed E-state index contributed by atoms with van der Waals surface area (Å²) in [6.07, 6.45) is 2.44. The first kappa shape index (κ1) is 17.0. The van der Waals surface area contributed by atoms with Crippen LogP contribution in [0, 0.1) is 6.92 Å². The molecule has 6 nitrogen and oxygen atoms in total. The highest BCUT2D eigenvalue weighted by Crippen LogP contribution is 2.41. The zero-order chi connectivity index (χ0) is 17.3. The van der Waals surface area contributed by atoms with E-state index < -0.39 is 5.60 Å². The van der Waals surface area contributed by atoms with Gasteiger partial charge < -0.3 is 20.2 Å². The van der Waals surface area contributed by atoms with E-state index in [-0.39, 0.29) is 18.6 Å². The van der Waals surface area contributed by atoms with Crippen molar-refractivity contribution >= 4 is 17.4 Å². The first-order valence-electron chi connectivity index (χ1n) is 8.14. The number of amides is 2. The molecule has 1 fully saturated rings. The van der Waals surface area contributed by atoms with Crippen molar-refractivity contribution in [1.82, 2.24) is 15.6 Å². The molecule has 1 saturated carbocycles. The van der Waals surface area contributed by atoms with Gasteiger partial charge in [-0.15, -0.1) is 11.3 Å². The minimum Gasteiger partial charge on any atom is -0.463 e. The smallest absolute Gasteiger partial charge is 0.315 e. The maximum Gasteiger partial charge on any atom is 0.315 e. The van der Waals surface area contributed by atoms with Gasteiger partial charge in [-0.25, -0.2) is 9.78 Å². The van der Waals surface area contributed by atoms with E-state index in [0.29, 0.717) is 11.7 Å². The Labute approximate surface area is 145 Å². The van der Waals surface area contributed by atoms with E-state index in [2.05, 4.69) is 15.6 Å². The van der Waals surface area contributed by atoms with Crippen molar-refractivity contribution in [3.63, 3.8) is 0 Å². The third kappa shape index (κ3) is 3.96. The second-order valence-corrected chi connectivity index (χ2v) is 7.51. The van der Waals surface area contributed by atoms with Crippen LogP contribution in [0.1, 0.15) is 60.9 Å². The lowest BCUT2D eigenvalue weighted by atomic mass is 10.0. The molecule has 3 N–H and O–H groups in total. The second-order valence-electron chi connectivity index (χ2n) is 6.62. The maximum absolute atomic E-state index is 12.1. The van der Waals surface area contributed by atoms with Crippen LogP contribution >= 0.6 is 11.3 Å². The van der Waals surface area contributed by atoms with E-state index in [1.54, 1.807) is 30.4 Å². The van der Waals surface area contributed by atoms with Gasteiger partial charge in [0.15, 0.2) is 0 Å². The van der Waals surface area contributed by atoms with Gasteiger partial charge in [0.05, 0.1) is 23.3 Å². The van der Waals surface area contributed by atoms with Crippen molar-refractivity contribution in [2.24, 2.45) is 0 Å². The van der Waals surface area contributed by atoms with Crippen molar-refractivity contribution in [2.45, 2.75) is 51.2 Å². The van der Waals surface area contributed by atoms with Crippen molar-refractivity contribution in [3.8, 4) is 0 Å². The van der Waals surface area contributed by atoms with Crippen LogP contribution in [0.15, 0.2) is 21.9 Å². The normalized spacial score (nSPS) is 18.0. The Morgan fingerprint density at radius 3 is 2.92 bits per heavy atom. The summed E-state index contributed by atoms with van der Waals surface area (Å²) in [4.78, 5) is 16.7. The summed E-state index contributed by atoms with van der Waals surface area (Å²) in [5, 5.41) is 19.1. The lowest BCUT2D eigenvalue weighted by molar-refractivity contribution is 0.0359. The molecule has 0 aromatic carbocycles. The molecular weight excluding hydrogens is 326 g/mol. The number of nitrogens with zero attached hydrogens (tertiary/aromatic N) is 1. The van der Waals surface area contributed by atoms with Gasteiger partial charge in [0.2, 0.25) is 0 Å². The molecule has 7 heteroatoms. The summed E-state index contributed by atoms with van der Waals surface area (Å²) in [7, 11) is 0. The van der Waals surface area contributed by atoms with Gasteiger partial charge in [0.25, 0.3) is 0 Å². The monoisotopic (exact) mass is 349 g/mol. The topological polar surface area (TPSA) is 87.4 Å². The van der Waals surface area contributed by atoms with Crippen LogP contribution in [-0.4, -0.2) is 22.7 Å². The van der Waals surface area contributed by atoms with E-state index in [0.717, 1.165) is 16.5 Å². The van der Waals surface area contributed by atoms with Crippen molar-refractivity contribution < 1.29 is 14.3 Å². The summed E-state index contributed by atoms with van der Waals surface area (Å²) in [6.45, 7) is 5.38. The van der Waals surface area contributed by atoms with Crippen LogP contribution in [0.25, 0.3) is 0 Å². The highest BCUT2D eigenvalue weighted by Gasteiger charge is 2.29. The highest BCUT2D eigenvalue weighted by molar-refractivity contribution is 7.09. The summed E-state index contributed by atoms with van der Waals surface area (Å²) in [5.41, 5.74) is -0.375. The van der Waals surface area contributed by atoms with Crippen molar-refractivity contribution in [2.75, 3.05) is 6.54 Å². The third-order valence-electron chi connectivity index (χ3n) is 4.12. The lowest BCUT2D eigenvalue weighted by Crippen LogP contribution is -2.44. The minimum absolute atomic E-state index is 0.0584. The zero-order valence-corrected chi connectivity index (χ0v) is 14.9. The molecule has 2 aromatic rings. The van der Waals surface area contributed by atoms with Crippen molar-refractivity contribution in [3.05, 3.63) is 39.7 Å². The molecule has 3 rings (SSSR count). The minimum atomic E-state index is -1.26. The number of hydrogen-bond donors (Lipinski definition) is 3. The molecule has 0 aliphatic heterocycles. The van der Waals surface area contributed by atoms with Gasteiger partial charge in [-0.05, 0) is 45.7 Å². The van der Waals surface area contributed by atoms with Gasteiger partial charge in [0, 0.05) is 11.3 Å². The largest absolute Gasteiger partial charge is 0.463 e. The fraction of sp³-hybridized carbons (Fsp3) is 0.529. The number of thiazole rings is 1. The SMILES string of the molecule is Cc1ccc([C@](C)(O)CNC(=O)N[C@@H](C)c2csc(C3CC3)n2)o1. The molecule has 24 heavy (non-hydrogen) atoms. The Hall–Kier alpha value is -1.86. The number of urea groups is 1. The Morgan fingerprint density at radius 1 is 1.54 bits per heavy atom. The predicted molar refractivity (Wildman–Crippen MR) is 92.1 cm³/mol. The van der Waals surface area contributed by atoms with Crippen molar-refractivity contribution in [1.29, 1.82) is 0 Å². The summed E-state index contributed by atoms with van der Waals surface area (Å²) < 4.78 is 5.43. The molecule has 2 heterocycles. The molecule has 0 bridgehead atoms. The number of rotatable bonds is 6. The molecule has 130 valence electrons. The van der Waals surface area contributed by atoms with E-state index in [4.69, 9.17) is 4.42 Å². The van der Waals surface area contributed by atoms with E-state index in [9.17, 15) is 9.90 Å². The Morgan fingerprint density at radius 2 is 2.29 bits per heavy atom. The summed E-state index contributed by atoms with van der Waals surface area (Å²) in [6, 6.07) is 2.98. The molecule has 1 aliphatic carbocycles. The molecule has 2 atom stereocenters. The number of furan rings is 1. The average Bonchev–Trinajstić information content (AvgIpc) is 3.08. The molecule has 2 aromatic heterocycles. The predicted octanol–water partition coefficient (Wildman–Crippen LogP) is 3.19. The van der Waals surface area contributed by atoms with Gasteiger partial charge in [-0.3, -0.25) is 0 Å². The first-order valence-corrected chi connectivity index (χ1v) is 9.02. The quantitative estimate of drug-likeness (QED) is 0.747. The molecule has 0 spiro atoms. The number of nitrogens with one attached hydrogen (secondary N) is 2. The number of aryl methyl sites for hydroxylation is 1. The van der Waals surface area contributed by atoms with Gasteiger partial charge in [-0.1, -0.05) is 0 Å². The molecule has 1 aliphatic rings. The summed E-state index contributed by atoms with van der Waals surface area (Å²) >= 11 is 1.66. The summed E-state index contributed by atoms with van der Waals surface area (Å²) in [5.74, 6) is 1.77. The Kier molecular flexibility index (Phi) is 4.64. The van der Waals surface area contributed by atoms with E-state index in [1.165, 1.54) is 12.8 Å². The number of hydrogen-bond acceptors (Lipinski definition) is 5. The second kappa shape index (κ2) is 6.57. The fourth-order valence-electron chi connectivity index (χ4n) is 2.40. The Bertz CT molecular complexity index is 718. The maximum atomic E-state index is 12.1. The van der Waals surface area contributed by atoms with Gasteiger partial charge in [0.1, 0.15) is 17.1 Å². The van der Waals surface area contributed by atoms with Gasteiger partial charge in [-0.2, -0.15) is 0 Å². The van der Waals surface area contributed by atoms with Crippen LogP contribution < -0.4 is 10.6 Å². The fourth-order valence-corrected chi connectivity index (χ4v) is 3.49. The van der Waals surface area contributed by atoms with E-state index >= 15 is 0 Å². The first-order chi connectivity index (χ1) is 11.3. The number of carbonyl (C=O) groups is 1. The Balaban J connectivity index is 1.51. The lowest BCUT2D eigenvalue weighted by Gasteiger charge is -2.22. The van der Waals surface area contributed by atoms with E-state index in [1.807, 2.05) is 19.2 Å².